The number of thiol groups is 1. The molecular formula is C13H16FeS. The van der Waals surface area contributed by atoms with Crippen LogP contribution in [0.2, 0.25) is 47.7 Å². The minimum absolute atomic E-state index is 0.881. The number of hydrogen-bond donors (Lipinski definition) is 1. The molecule has 0 N–H and O–H groups in total. The number of hydrogen-bond acceptors (Lipinski definition) is 1. The third-order valence-electron chi connectivity index (χ3n) is 15.7. The molecule has 10 aliphatic rings. The zero-order chi connectivity index (χ0) is 9.30. The van der Waals surface area contributed by atoms with Crippen molar-refractivity contribution in [2.45, 2.75) is 66.3 Å². The summed E-state index contributed by atoms with van der Waals surface area (Å²) in [5.74, 6) is 0. The Morgan fingerprint density at radius 3 is 1.67 bits per heavy atom. The van der Waals surface area contributed by atoms with Gasteiger partial charge in [-0.15, -0.1) is 0 Å². The molecule has 1 spiro atoms. The summed E-state index contributed by atoms with van der Waals surface area (Å²) >= 11 is 5.13. The summed E-state index contributed by atoms with van der Waals surface area (Å²) in [6, 6.07) is 0. The molecule has 0 radical (unpaired) electrons. The Bertz CT molecular complexity index is 817. The first-order chi connectivity index (χ1) is 7.03. The van der Waals surface area contributed by atoms with E-state index in [1.54, 1.807) is 0 Å². The van der Waals surface area contributed by atoms with E-state index >= 15 is 0 Å². The van der Waals surface area contributed by atoms with Gasteiger partial charge < -0.3 is 0 Å². The first-order valence-electron chi connectivity index (χ1n) is 6.92. The summed E-state index contributed by atoms with van der Waals surface area (Å²) in [5.41, 5.74) is 0. The van der Waals surface area contributed by atoms with Crippen LogP contribution in [0.3, 0.4) is 0 Å². The molecule has 15 heavy (non-hydrogen) atoms. The minimum atomic E-state index is -2.70. The van der Waals surface area contributed by atoms with Crippen LogP contribution in [0.4, 0.5) is 0 Å². The average molecular weight is 260 g/mol. The SMILES string of the molecule is CCC(S)[C]12[CH]3[CH]4[CH]5[CH]1[Fe]45321678[CH]2[CH]1[CH]6[CH]7[CH]28. The van der Waals surface area contributed by atoms with Gasteiger partial charge in [-0.25, -0.2) is 0 Å². The second-order valence-corrected chi connectivity index (χ2v) is 34.9. The van der Waals surface area contributed by atoms with Crippen molar-refractivity contribution in [3.8, 4) is 0 Å². The van der Waals surface area contributed by atoms with Gasteiger partial charge in [0.15, 0.2) is 0 Å². The van der Waals surface area contributed by atoms with E-state index in [9.17, 15) is 0 Å². The molecule has 10 rings (SSSR count). The summed E-state index contributed by atoms with van der Waals surface area (Å²) < 4.78 is 1.07. The van der Waals surface area contributed by atoms with Gasteiger partial charge in [0, 0.05) is 0 Å². The summed E-state index contributed by atoms with van der Waals surface area (Å²) in [4.78, 5) is 13.4. The number of fused-ring (bicyclic) bond motifs is 10. The van der Waals surface area contributed by atoms with E-state index in [4.69, 9.17) is 12.6 Å². The van der Waals surface area contributed by atoms with Crippen LogP contribution in [-0.2, 0) is 6.51 Å². The molecule has 5 atom stereocenters. The molecule has 10 aliphatic heterocycles. The van der Waals surface area contributed by atoms with Gasteiger partial charge >= 0.3 is 85.4 Å². The molecule has 82 valence electrons. The van der Waals surface area contributed by atoms with Gasteiger partial charge in [-0.05, 0) is 0 Å². The molecule has 5 unspecified atom stereocenters. The molecule has 10 fully saturated rings. The number of rotatable bonds is 2. The Morgan fingerprint density at radius 1 is 1.00 bits per heavy atom. The van der Waals surface area contributed by atoms with Gasteiger partial charge in [0.05, 0.1) is 0 Å². The third kappa shape index (κ3) is 0.0500. The van der Waals surface area contributed by atoms with Crippen molar-refractivity contribution >= 4 is 12.6 Å². The molecule has 0 aromatic heterocycles. The van der Waals surface area contributed by atoms with Crippen LogP contribution >= 0.6 is 12.6 Å². The van der Waals surface area contributed by atoms with Gasteiger partial charge in [-0.1, -0.05) is 0 Å². The molecule has 0 saturated carbocycles. The van der Waals surface area contributed by atoms with Crippen LogP contribution in [0.25, 0.3) is 0 Å². The summed E-state index contributed by atoms with van der Waals surface area (Å²) in [5, 5.41) is 0.881. The van der Waals surface area contributed by atoms with Crippen LogP contribution < -0.4 is 0 Å². The second-order valence-electron chi connectivity index (χ2n) is 10.7. The zero-order valence-corrected chi connectivity index (χ0v) is 10.8. The molecule has 10 heterocycles. The van der Waals surface area contributed by atoms with Crippen molar-refractivity contribution < 1.29 is 6.51 Å². The maximum atomic E-state index is 5.13. The van der Waals surface area contributed by atoms with Crippen molar-refractivity contribution in [1.29, 1.82) is 0 Å². The van der Waals surface area contributed by atoms with Crippen LogP contribution in [-0.4, -0.2) is 5.25 Å². The van der Waals surface area contributed by atoms with Crippen LogP contribution in [0.5, 0.6) is 0 Å². The summed E-state index contributed by atoms with van der Waals surface area (Å²) in [7, 11) is 0. The average Bonchev–Trinajstić information content (AvgIpc) is 3.18. The maximum absolute atomic E-state index is 5.13. The normalized spacial score (nSPS) is 136. The molecule has 0 aromatic rings. The molecule has 10 saturated heterocycles. The standard InChI is InChI=1S/C8H11S.C5H5.Fe/c1-2-8(9)7-5-3-4-6-7;1-2-4-5-3-1;/h3-6,8-9H,2H2,1H3;1-5H;. The Hall–Kier alpha value is 0.869. The van der Waals surface area contributed by atoms with E-state index in [2.05, 4.69) is 6.92 Å². The molecule has 0 amide bonds. The van der Waals surface area contributed by atoms with Crippen LogP contribution in [0.15, 0.2) is 0 Å². The van der Waals surface area contributed by atoms with Gasteiger partial charge in [-0.3, -0.25) is 0 Å². The fourth-order valence-corrected chi connectivity index (χ4v) is 95.3. The predicted octanol–water partition coefficient (Wildman–Crippen LogP) is 4.45. The van der Waals surface area contributed by atoms with Crippen molar-refractivity contribution in [1.82, 2.24) is 0 Å². The third-order valence-corrected chi connectivity index (χ3v) is 59.4. The van der Waals surface area contributed by atoms with Gasteiger partial charge in [0.2, 0.25) is 0 Å². The van der Waals surface area contributed by atoms with E-state index in [1.807, 2.05) is 0 Å². The Labute approximate surface area is 85.3 Å². The van der Waals surface area contributed by atoms with E-state index in [0.29, 0.717) is 0 Å². The monoisotopic (exact) mass is 260 g/mol. The van der Waals surface area contributed by atoms with E-state index in [1.165, 1.54) is 49.8 Å². The molecule has 0 bridgehead atoms. The van der Waals surface area contributed by atoms with Crippen molar-refractivity contribution in [2.24, 2.45) is 0 Å². The van der Waals surface area contributed by atoms with Crippen molar-refractivity contribution in [3.05, 3.63) is 0 Å². The van der Waals surface area contributed by atoms with Crippen LogP contribution in [0.1, 0.15) is 13.3 Å². The Balaban J connectivity index is 1.77. The topological polar surface area (TPSA) is 0 Å². The van der Waals surface area contributed by atoms with Crippen molar-refractivity contribution in [2.75, 3.05) is 0 Å². The van der Waals surface area contributed by atoms with Gasteiger partial charge in [0.25, 0.3) is 0 Å². The fraction of sp³-hybridized carbons (Fsp3) is 1.00. The Morgan fingerprint density at radius 2 is 1.47 bits per heavy atom. The summed E-state index contributed by atoms with van der Waals surface area (Å²) in [6.07, 6.45) is 1.40. The molecule has 0 aliphatic carbocycles. The molecule has 0 nitrogen and oxygen atoms in total. The van der Waals surface area contributed by atoms with E-state index in [0.717, 1.165) is 9.56 Å². The molecule has 2 heteroatoms. The quantitative estimate of drug-likeness (QED) is 0.550. The predicted molar refractivity (Wildman–Crippen MR) is 59.5 cm³/mol. The molecule has 0 aromatic carbocycles. The van der Waals surface area contributed by atoms with Crippen LogP contribution in [0, 0.1) is 0 Å². The fourth-order valence-electron chi connectivity index (χ4n) is 17.6. The summed E-state index contributed by atoms with van der Waals surface area (Å²) in [6.45, 7) is -0.282. The van der Waals surface area contributed by atoms with E-state index in [-0.39, 0.29) is 0 Å². The van der Waals surface area contributed by atoms with Gasteiger partial charge in [0.1, 0.15) is 0 Å². The van der Waals surface area contributed by atoms with Gasteiger partial charge in [-0.2, -0.15) is 0 Å². The first-order valence-corrected chi connectivity index (χ1v) is 13.7. The zero-order valence-electron chi connectivity index (χ0n) is 8.78. The van der Waals surface area contributed by atoms with Crippen molar-refractivity contribution in [3.63, 3.8) is 0 Å². The van der Waals surface area contributed by atoms with E-state index < -0.39 is 6.51 Å². The molecular weight excluding hydrogens is 244 g/mol. The first kappa shape index (κ1) is 5.67. The second kappa shape index (κ2) is 0.417. The Kier molecular flexibility index (Phi) is 0.158.